The van der Waals surface area contributed by atoms with E-state index in [0.29, 0.717) is 8.96 Å². The first-order valence-corrected chi connectivity index (χ1v) is 9.13. The molecule has 0 aliphatic carbocycles. The van der Waals surface area contributed by atoms with Crippen molar-refractivity contribution in [3.05, 3.63) is 75.4 Å². The van der Waals surface area contributed by atoms with Crippen LogP contribution in [0, 0.1) is 5.82 Å². The summed E-state index contributed by atoms with van der Waals surface area (Å²) in [7, 11) is 0. The zero-order chi connectivity index (χ0) is 19.7. The van der Waals surface area contributed by atoms with Crippen molar-refractivity contribution in [3.63, 3.8) is 0 Å². The number of fused-ring (bicyclic) bond motifs is 2. The molecule has 140 valence electrons. The van der Waals surface area contributed by atoms with Gasteiger partial charge in [0.2, 0.25) is 4.62 Å². The third kappa shape index (κ3) is 2.58. The molecular formula is C16H7BBr2F6N2. The van der Waals surface area contributed by atoms with E-state index in [2.05, 4.69) is 31.9 Å². The van der Waals surface area contributed by atoms with Crippen LogP contribution in [0.1, 0.15) is 16.8 Å². The van der Waals surface area contributed by atoms with Gasteiger partial charge in [-0.05, 0) is 40.2 Å². The van der Waals surface area contributed by atoms with Crippen LogP contribution in [0.5, 0.6) is 0 Å². The van der Waals surface area contributed by atoms with Gasteiger partial charge in [0.05, 0.1) is 15.7 Å². The first-order valence-electron chi connectivity index (χ1n) is 7.55. The number of rotatable bonds is 1. The number of hydrogen-bond donors (Lipinski definition) is 0. The molecule has 0 radical (unpaired) electrons. The molecule has 3 heterocycles. The van der Waals surface area contributed by atoms with E-state index in [1.54, 1.807) is 0 Å². The van der Waals surface area contributed by atoms with E-state index < -0.39 is 30.1 Å². The van der Waals surface area contributed by atoms with Crippen LogP contribution in [-0.4, -0.2) is 20.6 Å². The maximum absolute atomic E-state index is 15.1. The van der Waals surface area contributed by atoms with Gasteiger partial charge < -0.3 is 17.6 Å². The summed E-state index contributed by atoms with van der Waals surface area (Å²) in [6, 6.07) is 5.08. The first kappa shape index (κ1) is 18.6. The fraction of sp³-hybridized carbons (Fsp3) is 0.0625. The van der Waals surface area contributed by atoms with Crippen LogP contribution in [0.4, 0.5) is 26.2 Å². The normalized spacial score (nSPS) is 18.2. The molecule has 0 atom stereocenters. The Morgan fingerprint density at radius 1 is 1.00 bits per heavy atom. The van der Waals surface area contributed by atoms with Crippen LogP contribution in [-0.2, 0) is 6.18 Å². The lowest BCUT2D eigenvalue weighted by Gasteiger charge is -2.32. The average molecular weight is 512 g/mol. The van der Waals surface area contributed by atoms with Crippen LogP contribution in [0.3, 0.4) is 0 Å². The predicted molar refractivity (Wildman–Crippen MR) is 96.3 cm³/mol. The Labute approximate surface area is 165 Å². The number of alkyl halides is 3. The maximum Gasteiger partial charge on any atom is 0.738 e. The van der Waals surface area contributed by atoms with E-state index in [-0.39, 0.29) is 26.2 Å². The molecule has 1 aromatic heterocycles. The predicted octanol–water partition coefficient (Wildman–Crippen LogP) is 5.78. The van der Waals surface area contributed by atoms with E-state index in [4.69, 9.17) is 0 Å². The third-order valence-electron chi connectivity index (χ3n) is 4.44. The molecule has 27 heavy (non-hydrogen) atoms. The summed E-state index contributed by atoms with van der Waals surface area (Å²) in [6.45, 7) is -4.40. The van der Waals surface area contributed by atoms with Crippen molar-refractivity contribution < 1.29 is 30.7 Å². The van der Waals surface area contributed by atoms with Crippen molar-refractivity contribution in [1.82, 2.24) is 4.48 Å². The lowest BCUT2D eigenvalue weighted by molar-refractivity contribution is -0.358. The molecule has 2 aromatic rings. The van der Waals surface area contributed by atoms with Gasteiger partial charge in [0.15, 0.2) is 5.70 Å². The summed E-state index contributed by atoms with van der Waals surface area (Å²) >= 11 is 6.02. The lowest BCUT2D eigenvalue weighted by atomic mass is 9.85. The Morgan fingerprint density at radius 3 is 2.37 bits per heavy atom. The van der Waals surface area contributed by atoms with Crippen LogP contribution in [0.2, 0.25) is 0 Å². The second-order valence-electron chi connectivity index (χ2n) is 5.95. The van der Waals surface area contributed by atoms with Crippen LogP contribution < -0.4 is 0 Å². The minimum Gasteiger partial charge on any atom is -0.389 e. The lowest BCUT2D eigenvalue weighted by Crippen LogP contribution is -2.50. The molecule has 0 spiro atoms. The third-order valence-corrected chi connectivity index (χ3v) is 5.73. The van der Waals surface area contributed by atoms with E-state index in [1.807, 2.05) is 0 Å². The van der Waals surface area contributed by atoms with Gasteiger partial charge in [-0.15, -0.1) is 0 Å². The van der Waals surface area contributed by atoms with Gasteiger partial charge in [0, 0.05) is 39.3 Å². The highest BCUT2D eigenvalue weighted by atomic mass is 79.9. The molecule has 0 saturated carbocycles. The van der Waals surface area contributed by atoms with E-state index >= 15 is 8.63 Å². The van der Waals surface area contributed by atoms with Crippen molar-refractivity contribution in [2.24, 2.45) is 0 Å². The molecule has 1 aromatic carbocycles. The summed E-state index contributed by atoms with van der Waals surface area (Å²) in [4.78, 5) is 0. The molecule has 4 rings (SSSR count). The van der Waals surface area contributed by atoms with Crippen LogP contribution in [0.25, 0.3) is 5.57 Å². The minimum absolute atomic E-state index is 0.0313. The molecule has 0 amide bonds. The Kier molecular flexibility index (Phi) is 4.05. The Morgan fingerprint density at radius 2 is 1.70 bits per heavy atom. The standard InChI is InChI=1S/C16H7BBr2F6N2/c18-12-6-4-10-15(14-8(16(21,22)23)2-1-3-9(14)20)11-5-7-13(19)27(11)17(24,25)26(10)12/h1-7H. The summed E-state index contributed by atoms with van der Waals surface area (Å²) in [5.74, 6) is -1.15. The summed E-state index contributed by atoms with van der Waals surface area (Å²) in [6.07, 6.45) is -2.33. The minimum atomic E-state index is -4.86. The quantitative estimate of drug-likeness (QED) is 0.339. The highest BCUT2D eigenvalue weighted by Gasteiger charge is 2.55. The fourth-order valence-electron chi connectivity index (χ4n) is 3.40. The molecule has 2 aliphatic rings. The van der Waals surface area contributed by atoms with Gasteiger partial charge in [-0.2, -0.15) is 13.2 Å². The van der Waals surface area contributed by atoms with E-state index in [0.717, 1.165) is 18.2 Å². The summed E-state index contributed by atoms with van der Waals surface area (Å²) in [5, 5.41) is 0. The van der Waals surface area contributed by atoms with E-state index in [1.165, 1.54) is 24.3 Å². The molecular weight excluding hydrogens is 505 g/mol. The van der Waals surface area contributed by atoms with Crippen molar-refractivity contribution in [3.8, 4) is 0 Å². The van der Waals surface area contributed by atoms with Crippen molar-refractivity contribution in [2.45, 2.75) is 6.18 Å². The fourth-order valence-corrected chi connectivity index (χ4v) is 4.54. The summed E-state index contributed by atoms with van der Waals surface area (Å²) in [5.41, 5.74) is -2.68. The van der Waals surface area contributed by atoms with Crippen LogP contribution in [0.15, 0.2) is 52.8 Å². The zero-order valence-electron chi connectivity index (χ0n) is 13.0. The molecule has 0 fully saturated rings. The number of aromatic nitrogens is 1. The molecule has 0 unspecified atom stereocenters. The first-order chi connectivity index (χ1) is 12.5. The van der Waals surface area contributed by atoms with Gasteiger partial charge in [-0.3, -0.25) is 0 Å². The number of nitrogens with zero attached hydrogens (tertiary/aromatic N) is 2. The van der Waals surface area contributed by atoms with Crippen molar-refractivity contribution >= 4 is 49.0 Å². The monoisotopic (exact) mass is 510 g/mol. The Bertz CT molecular complexity index is 1080. The average Bonchev–Trinajstić information content (AvgIpc) is 3.13. The maximum atomic E-state index is 15.1. The zero-order valence-corrected chi connectivity index (χ0v) is 16.2. The number of benzene rings is 1. The van der Waals surface area contributed by atoms with Gasteiger partial charge >= 0.3 is 13.1 Å². The Hall–Kier alpha value is -1.75. The van der Waals surface area contributed by atoms with Gasteiger partial charge in [0.25, 0.3) is 0 Å². The molecule has 2 nitrogen and oxygen atoms in total. The highest BCUT2D eigenvalue weighted by molar-refractivity contribution is 9.18. The van der Waals surface area contributed by atoms with Crippen molar-refractivity contribution in [2.75, 3.05) is 0 Å². The topological polar surface area (TPSA) is 7.94 Å². The second kappa shape index (κ2) is 5.87. The number of halogens is 8. The van der Waals surface area contributed by atoms with Gasteiger partial charge in [-0.25, -0.2) is 4.39 Å². The largest absolute Gasteiger partial charge is 0.738 e. The molecule has 0 N–H and O–H groups in total. The summed E-state index contributed by atoms with van der Waals surface area (Å²) < 4.78 is 86.5. The highest BCUT2D eigenvalue weighted by Crippen LogP contribution is 2.46. The number of allylic oxidation sites excluding steroid dienone is 2. The molecule has 2 aliphatic heterocycles. The van der Waals surface area contributed by atoms with Gasteiger partial charge in [0.1, 0.15) is 5.82 Å². The van der Waals surface area contributed by atoms with Crippen LogP contribution >= 0.6 is 31.9 Å². The number of hydrogen-bond acceptors (Lipinski definition) is 0. The molecule has 0 saturated heterocycles. The second-order valence-corrected chi connectivity index (χ2v) is 7.57. The van der Waals surface area contributed by atoms with Gasteiger partial charge in [-0.1, -0.05) is 6.07 Å². The van der Waals surface area contributed by atoms with Crippen molar-refractivity contribution in [1.29, 1.82) is 0 Å². The molecule has 11 heteroatoms. The van der Waals surface area contributed by atoms with E-state index in [9.17, 15) is 17.6 Å². The smallest absolute Gasteiger partial charge is 0.389 e. The molecule has 0 bridgehead atoms. The Balaban J connectivity index is 2.17. The SMILES string of the molecule is Fc1cccc(C(F)(F)F)c1C1=C2C=CC(Br)=[N+]2[B-](F)(F)n2c(Br)ccc21.